The number of aryl methyl sites for hydroxylation is 1. The maximum atomic E-state index is 13.4. The highest BCUT2D eigenvalue weighted by Crippen LogP contribution is 2.36. The van der Waals surface area contributed by atoms with Crippen molar-refractivity contribution >= 4 is 29.2 Å². The number of halogens is 1. The van der Waals surface area contributed by atoms with Crippen LogP contribution in [0.1, 0.15) is 48.9 Å². The Kier molecular flexibility index (Phi) is 7.46. The van der Waals surface area contributed by atoms with E-state index in [1.165, 1.54) is 0 Å². The van der Waals surface area contributed by atoms with E-state index in [4.69, 9.17) is 21.4 Å². The van der Waals surface area contributed by atoms with Crippen LogP contribution < -0.4 is 0 Å². The Bertz CT molecular complexity index is 1050. The standard InChI is InChI=1S/C26H30ClN3O3/c1-3-33-26(32)19-11-13-29(14-12-19)17-25(31)30-24(21-9-4-5-10-22(21)27)16-23(28-30)20-8-6-7-18(2)15-20/h4-10,15,19,24H,3,11-14,16-17H2,1-2H3/t24-/m1/s1. The molecule has 0 aromatic heterocycles. The molecule has 2 aromatic carbocycles. The minimum absolute atomic E-state index is 0.0582. The first-order valence-corrected chi connectivity index (χ1v) is 11.9. The first kappa shape index (κ1) is 23.5. The molecule has 0 spiro atoms. The van der Waals surface area contributed by atoms with E-state index in [2.05, 4.69) is 11.0 Å². The van der Waals surface area contributed by atoms with Crippen molar-refractivity contribution in [1.29, 1.82) is 0 Å². The molecule has 2 aliphatic rings. The summed E-state index contributed by atoms with van der Waals surface area (Å²) in [4.78, 5) is 27.5. The van der Waals surface area contributed by atoms with E-state index in [1.54, 1.807) is 5.01 Å². The number of benzene rings is 2. The largest absolute Gasteiger partial charge is 0.466 e. The molecule has 2 heterocycles. The van der Waals surface area contributed by atoms with Gasteiger partial charge in [-0.05, 0) is 57.0 Å². The maximum absolute atomic E-state index is 13.4. The van der Waals surface area contributed by atoms with Gasteiger partial charge < -0.3 is 4.74 Å². The Hall–Kier alpha value is -2.70. The zero-order chi connectivity index (χ0) is 23.4. The fraction of sp³-hybridized carbons (Fsp3) is 0.423. The van der Waals surface area contributed by atoms with Crippen LogP contribution in [0.4, 0.5) is 0 Å². The fourth-order valence-electron chi connectivity index (χ4n) is 4.58. The molecule has 0 radical (unpaired) electrons. The summed E-state index contributed by atoms with van der Waals surface area (Å²) in [7, 11) is 0. The normalized spacial score (nSPS) is 19.4. The molecule has 1 amide bonds. The van der Waals surface area contributed by atoms with E-state index < -0.39 is 0 Å². The van der Waals surface area contributed by atoms with Gasteiger partial charge in [-0.3, -0.25) is 14.5 Å². The number of rotatable bonds is 6. The van der Waals surface area contributed by atoms with Crippen molar-refractivity contribution in [2.75, 3.05) is 26.2 Å². The average molecular weight is 468 g/mol. The van der Waals surface area contributed by atoms with Crippen molar-refractivity contribution in [3.8, 4) is 0 Å². The van der Waals surface area contributed by atoms with Crippen LogP contribution in [0.15, 0.2) is 53.6 Å². The maximum Gasteiger partial charge on any atom is 0.309 e. The summed E-state index contributed by atoms with van der Waals surface area (Å²) in [5, 5.41) is 7.02. The summed E-state index contributed by atoms with van der Waals surface area (Å²) in [5.41, 5.74) is 3.97. The number of hydrogen-bond donors (Lipinski definition) is 0. The highest BCUT2D eigenvalue weighted by atomic mass is 35.5. The van der Waals surface area contributed by atoms with Crippen LogP contribution in [0.3, 0.4) is 0 Å². The van der Waals surface area contributed by atoms with Crippen LogP contribution in [0.5, 0.6) is 0 Å². The van der Waals surface area contributed by atoms with E-state index in [-0.39, 0.29) is 30.4 Å². The summed E-state index contributed by atoms with van der Waals surface area (Å²) in [6.07, 6.45) is 2.03. The number of piperidine rings is 1. The molecule has 4 rings (SSSR count). The third-order valence-corrected chi connectivity index (χ3v) is 6.69. The number of carbonyl (C=O) groups is 2. The van der Waals surface area contributed by atoms with Crippen LogP contribution >= 0.6 is 11.6 Å². The van der Waals surface area contributed by atoms with Crippen LogP contribution in [0.2, 0.25) is 5.02 Å². The number of hydrazone groups is 1. The average Bonchev–Trinajstić information content (AvgIpc) is 3.25. The first-order valence-electron chi connectivity index (χ1n) is 11.6. The van der Waals surface area contributed by atoms with Gasteiger partial charge in [0.25, 0.3) is 5.91 Å². The molecular weight excluding hydrogens is 438 g/mol. The Balaban J connectivity index is 1.50. The Morgan fingerprint density at radius 1 is 1.12 bits per heavy atom. The number of hydrogen-bond acceptors (Lipinski definition) is 5. The number of nitrogens with zero attached hydrogens (tertiary/aromatic N) is 3. The van der Waals surface area contributed by atoms with E-state index in [1.807, 2.05) is 56.3 Å². The minimum Gasteiger partial charge on any atom is -0.466 e. The molecule has 0 saturated carbocycles. The summed E-state index contributed by atoms with van der Waals surface area (Å²) in [6.45, 7) is 5.91. The van der Waals surface area contributed by atoms with Gasteiger partial charge in [-0.15, -0.1) is 0 Å². The van der Waals surface area contributed by atoms with Gasteiger partial charge in [0.05, 0.1) is 30.8 Å². The molecule has 6 nitrogen and oxygen atoms in total. The second-order valence-electron chi connectivity index (χ2n) is 8.70. The summed E-state index contributed by atoms with van der Waals surface area (Å²) < 4.78 is 5.15. The lowest BCUT2D eigenvalue weighted by Crippen LogP contribution is -2.43. The molecule has 0 aliphatic carbocycles. The van der Waals surface area contributed by atoms with Crippen LogP contribution in [-0.2, 0) is 14.3 Å². The van der Waals surface area contributed by atoms with E-state index >= 15 is 0 Å². The third-order valence-electron chi connectivity index (χ3n) is 6.35. The second-order valence-corrected chi connectivity index (χ2v) is 9.11. The van der Waals surface area contributed by atoms with Gasteiger partial charge in [0.2, 0.25) is 0 Å². The zero-order valence-corrected chi connectivity index (χ0v) is 19.9. The highest BCUT2D eigenvalue weighted by Gasteiger charge is 2.35. The Labute approximate surface area is 200 Å². The van der Waals surface area contributed by atoms with Crippen molar-refractivity contribution in [2.45, 2.75) is 39.2 Å². The van der Waals surface area contributed by atoms with Gasteiger partial charge in [0, 0.05) is 11.4 Å². The van der Waals surface area contributed by atoms with Gasteiger partial charge in [0.1, 0.15) is 0 Å². The molecule has 0 N–H and O–H groups in total. The van der Waals surface area contributed by atoms with Crippen molar-refractivity contribution in [1.82, 2.24) is 9.91 Å². The van der Waals surface area contributed by atoms with Gasteiger partial charge in [-0.25, -0.2) is 5.01 Å². The van der Waals surface area contributed by atoms with Crippen molar-refractivity contribution < 1.29 is 14.3 Å². The SMILES string of the molecule is CCOC(=O)C1CCN(CC(=O)N2N=C(c3cccc(C)c3)C[C@@H]2c2ccccc2Cl)CC1. The molecule has 7 heteroatoms. The van der Waals surface area contributed by atoms with Crippen molar-refractivity contribution in [3.05, 3.63) is 70.2 Å². The summed E-state index contributed by atoms with van der Waals surface area (Å²) >= 11 is 6.51. The molecule has 0 unspecified atom stereocenters. The number of likely N-dealkylation sites (tertiary alicyclic amines) is 1. The molecule has 2 aromatic rings. The van der Waals surface area contributed by atoms with Gasteiger partial charge >= 0.3 is 5.97 Å². The van der Waals surface area contributed by atoms with Crippen molar-refractivity contribution in [3.63, 3.8) is 0 Å². The fourth-order valence-corrected chi connectivity index (χ4v) is 4.84. The predicted octanol–water partition coefficient (Wildman–Crippen LogP) is 4.60. The molecule has 1 fully saturated rings. The van der Waals surface area contributed by atoms with Crippen LogP contribution in [0.25, 0.3) is 0 Å². The van der Waals surface area contributed by atoms with Gasteiger partial charge in [0.15, 0.2) is 0 Å². The van der Waals surface area contributed by atoms with E-state index in [9.17, 15) is 9.59 Å². The Morgan fingerprint density at radius 3 is 2.58 bits per heavy atom. The van der Waals surface area contributed by atoms with Crippen LogP contribution in [0, 0.1) is 12.8 Å². The number of esters is 1. The summed E-state index contributed by atoms with van der Waals surface area (Å²) in [5.74, 6) is -0.267. The molecule has 1 atom stereocenters. The Morgan fingerprint density at radius 2 is 1.88 bits per heavy atom. The topological polar surface area (TPSA) is 62.2 Å². The molecule has 2 aliphatic heterocycles. The number of carbonyl (C=O) groups excluding carboxylic acids is 2. The third kappa shape index (κ3) is 5.45. The second kappa shape index (κ2) is 10.5. The van der Waals surface area contributed by atoms with E-state index in [0.29, 0.717) is 44.0 Å². The summed E-state index contributed by atoms with van der Waals surface area (Å²) in [6, 6.07) is 15.6. The monoisotopic (exact) mass is 467 g/mol. The van der Waals surface area contributed by atoms with Gasteiger partial charge in [-0.1, -0.05) is 59.6 Å². The van der Waals surface area contributed by atoms with Gasteiger partial charge in [-0.2, -0.15) is 5.10 Å². The lowest BCUT2D eigenvalue weighted by Gasteiger charge is -2.32. The lowest BCUT2D eigenvalue weighted by molar-refractivity contribution is -0.149. The zero-order valence-electron chi connectivity index (χ0n) is 19.2. The molecular formula is C26H30ClN3O3. The number of ether oxygens (including phenoxy) is 1. The first-order chi connectivity index (χ1) is 16.0. The molecule has 174 valence electrons. The number of amides is 1. The quantitative estimate of drug-likeness (QED) is 0.582. The highest BCUT2D eigenvalue weighted by molar-refractivity contribution is 6.31. The smallest absolute Gasteiger partial charge is 0.309 e. The van der Waals surface area contributed by atoms with Crippen molar-refractivity contribution in [2.24, 2.45) is 11.0 Å². The predicted molar refractivity (Wildman–Crippen MR) is 129 cm³/mol. The molecule has 1 saturated heterocycles. The molecule has 33 heavy (non-hydrogen) atoms. The van der Waals surface area contributed by atoms with Crippen LogP contribution in [-0.4, -0.2) is 53.7 Å². The molecule has 0 bridgehead atoms. The lowest BCUT2D eigenvalue weighted by atomic mass is 9.96. The van der Waals surface area contributed by atoms with E-state index in [0.717, 1.165) is 22.4 Å². The minimum atomic E-state index is -0.237.